The van der Waals surface area contributed by atoms with Crippen molar-refractivity contribution in [3.8, 4) is 11.8 Å². The summed E-state index contributed by atoms with van der Waals surface area (Å²) in [6.07, 6.45) is 2.46. The van der Waals surface area contributed by atoms with E-state index >= 15 is 0 Å². The van der Waals surface area contributed by atoms with E-state index < -0.39 is 0 Å². The van der Waals surface area contributed by atoms with Crippen LogP contribution in [0.25, 0.3) is 0 Å². The van der Waals surface area contributed by atoms with E-state index in [2.05, 4.69) is 4.98 Å². The quantitative estimate of drug-likeness (QED) is 0.769. The first-order chi connectivity index (χ1) is 7.77. The van der Waals surface area contributed by atoms with E-state index in [1.807, 2.05) is 13.0 Å². The fraction of sp³-hybridized carbons (Fsp3) is 0.455. The Bertz CT molecular complexity index is 423. The maximum Gasteiger partial charge on any atom is 0.223 e. The van der Waals surface area contributed by atoms with Gasteiger partial charge in [-0.1, -0.05) is 6.92 Å². The number of nitrogens with one attached hydrogen (secondary N) is 1. The maximum atomic E-state index is 11.6. The number of hydrogen-bond donors (Lipinski definition) is 1. The van der Waals surface area contributed by atoms with Crippen molar-refractivity contribution in [2.45, 2.75) is 19.1 Å². The van der Waals surface area contributed by atoms with Gasteiger partial charge in [-0.2, -0.15) is 5.26 Å². The lowest BCUT2D eigenvalue weighted by molar-refractivity contribution is 0.313. The molecule has 1 rings (SSSR count). The van der Waals surface area contributed by atoms with Crippen LogP contribution >= 0.6 is 11.8 Å². The number of aromatic amines is 1. The Morgan fingerprint density at radius 2 is 2.44 bits per heavy atom. The highest BCUT2D eigenvalue weighted by Crippen LogP contribution is 2.09. The number of nitrogens with zero attached hydrogens (tertiary/aromatic N) is 1. The number of aromatic nitrogens is 1. The molecule has 86 valence electrons. The third kappa shape index (κ3) is 3.99. The fourth-order valence-electron chi connectivity index (χ4n) is 1.12. The average Bonchev–Trinajstić information content (AvgIpc) is 2.28. The third-order valence-corrected chi connectivity index (χ3v) is 2.67. The summed E-state index contributed by atoms with van der Waals surface area (Å²) in [6, 6.07) is 3.56. The van der Waals surface area contributed by atoms with E-state index in [1.165, 1.54) is 17.8 Å². The van der Waals surface area contributed by atoms with Gasteiger partial charge in [0.25, 0.3) is 0 Å². The molecule has 0 amide bonds. The molecule has 0 aliphatic rings. The Balaban J connectivity index is 2.61. The average molecular weight is 238 g/mol. The lowest BCUT2D eigenvalue weighted by atomic mass is 10.3. The number of ether oxygens (including phenoxy) is 1. The summed E-state index contributed by atoms with van der Waals surface area (Å²) < 4.78 is 5.26. The standard InChI is InChI=1S/C11H14N2O2S/c1-2-4-15-11-7-13-9(6-10(11)14)8-16-5-3-12/h6-7H,2,4-5,8H2,1H3,(H,13,14). The molecule has 0 aliphatic heterocycles. The summed E-state index contributed by atoms with van der Waals surface area (Å²) in [5.74, 6) is 1.42. The van der Waals surface area contributed by atoms with Gasteiger partial charge in [0.05, 0.1) is 18.4 Å². The normalized spacial score (nSPS) is 9.75. The second-order valence-electron chi connectivity index (χ2n) is 3.19. The minimum Gasteiger partial charge on any atom is -0.488 e. The zero-order valence-corrected chi connectivity index (χ0v) is 9.97. The number of thioether (sulfide) groups is 1. The number of hydrogen-bond acceptors (Lipinski definition) is 4. The van der Waals surface area contributed by atoms with Crippen LogP contribution in [0.2, 0.25) is 0 Å². The van der Waals surface area contributed by atoms with Crippen molar-refractivity contribution in [3.05, 3.63) is 28.2 Å². The molecule has 0 saturated heterocycles. The predicted molar refractivity (Wildman–Crippen MR) is 64.6 cm³/mol. The molecule has 0 aliphatic carbocycles. The first-order valence-electron chi connectivity index (χ1n) is 5.07. The van der Waals surface area contributed by atoms with Crippen LogP contribution in [0.3, 0.4) is 0 Å². The first-order valence-corrected chi connectivity index (χ1v) is 6.22. The van der Waals surface area contributed by atoms with Crippen LogP contribution in [0.1, 0.15) is 19.0 Å². The summed E-state index contributed by atoms with van der Waals surface area (Å²) in [5, 5.41) is 8.38. The van der Waals surface area contributed by atoms with Gasteiger partial charge in [0.2, 0.25) is 5.43 Å². The Morgan fingerprint density at radius 3 is 3.06 bits per heavy atom. The minimum atomic E-state index is -0.111. The molecule has 0 fully saturated rings. The molecule has 1 N–H and O–H groups in total. The van der Waals surface area contributed by atoms with Crippen LogP contribution in [-0.2, 0) is 5.75 Å². The van der Waals surface area contributed by atoms with Gasteiger partial charge in [-0.05, 0) is 6.42 Å². The Hall–Kier alpha value is -1.41. The zero-order chi connectivity index (χ0) is 11.8. The van der Waals surface area contributed by atoms with Gasteiger partial charge in [-0.25, -0.2) is 0 Å². The molecule has 0 bridgehead atoms. The van der Waals surface area contributed by atoms with Crippen LogP contribution in [0.15, 0.2) is 17.1 Å². The number of H-pyrrole nitrogens is 1. The van der Waals surface area contributed by atoms with Crippen molar-refractivity contribution >= 4 is 11.8 Å². The van der Waals surface area contributed by atoms with Crippen molar-refractivity contribution in [2.75, 3.05) is 12.4 Å². The Morgan fingerprint density at radius 1 is 1.62 bits per heavy atom. The van der Waals surface area contributed by atoms with Crippen molar-refractivity contribution in [1.29, 1.82) is 5.26 Å². The van der Waals surface area contributed by atoms with Crippen molar-refractivity contribution in [3.63, 3.8) is 0 Å². The molecule has 1 aromatic heterocycles. The van der Waals surface area contributed by atoms with E-state index in [9.17, 15) is 4.79 Å². The van der Waals surface area contributed by atoms with Crippen molar-refractivity contribution in [1.82, 2.24) is 4.98 Å². The van der Waals surface area contributed by atoms with E-state index in [4.69, 9.17) is 10.00 Å². The fourth-order valence-corrected chi connectivity index (χ4v) is 1.70. The number of rotatable bonds is 6. The molecule has 1 aromatic rings. The molecule has 0 atom stereocenters. The Labute approximate surface area is 98.6 Å². The highest BCUT2D eigenvalue weighted by atomic mass is 32.2. The van der Waals surface area contributed by atoms with E-state index in [0.717, 1.165) is 12.1 Å². The van der Waals surface area contributed by atoms with E-state index in [1.54, 1.807) is 6.20 Å². The third-order valence-electron chi connectivity index (χ3n) is 1.82. The molecule has 0 radical (unpaired) electrons. The minimum absolute atomic E-state index is 0.111. The molecule has 0 saturated carbocycles. The smallest absolute Gasteiger partial charge is 0.223 e. The van der Waals surface area contributed by atoms with Gasteiger partial charge in [0.1, 0.15) is 0 Å². The lowest BCUT2D eigenvalue weighted by Crippen LogP contribution is -2.09. The lowest BCUT2D eigenvalue weighted by Gasteiger charge is -2.04. The summed E-state index contributed by atoms with van der Waals surface area (Å²) in [5.41, 5.74) is 0.703. The van der Waals surface area contributed by atoms with Gasteiger partial charge in [0.15, 0.2) is 5.75 Å². The number of nitriles is 1. The molecule has 1 heterocycles. The van der Waals surface area contributed by atoms with Crippen LogP contribution in [0.5, 0.6) is 5.75 Å². The molecular weight excluding hydrogens is 224 g/mol. The monoisotopic (exact) mass is 238 g/mol. The number of pyridine rings is 1. The summed E-state index contributed by atoms with van der Waals surface area (Å²) in [7, 11) is 0. The maximum absolute atomic E-state index is 11.6. The molecule has 4 nitrogen and oxygen atoms in total. The van der Waals surface area contributed by atoms with E-state index in [-0.39, 0.29) is 5.43 Å². The zero-order valence-electron chi connectivity index (χ0n) is 9.16. The molecule has 0 spiro atoms. The highest BCUT2D eigenvalue weighted by Gasteiger charge is 2.02. The summed E-state index contributed by atoms with van der Waals surface area (Å²) >= 11 is 1.47. The van der Waals surface area contributed by atoms with Crippen LogP contribution in [0, 0.1) is 11.3 Å². The largest absolute Gasteiger partial charge is 0.488 e. The van der Waals surface area contributed by atoms with Gasteiger partial charge < -0.3 is 9.72 Å². The van der Waals surface area contributed by atoms with E-state index in [0.29, 0.717) is 23.9 Å². The van der Waals surface area contributed by atoms with Gasteiger partial charge in [-0.3, -0.25) is 4.79 Å². The van der Waals surface area contributed by atoms with Crippen LogP contribution < -0.4 is 10.2 Å². The van der Waals surface area contributed by atoms with Crippen LogP contribution in [-0.4, -0.2) is 17.3 Å². The molecular formula is C11H14N2O2S. The molecule has 5 heteroatoms. The molecule has 0 aromatic carbocycles. The topological polar surface area (TPSA) is 65.9 Å². The van der Waals surface area contributed by atoms with Gasteiger partial charge >= 0.3 is 0 Å². The molecule has 16 heavy (non-hydrogen) atoms. The SMILES string of the molecule is CCCOc1c[nH]c(CSCC#N)cc1=O. The van der Waals surface area contributed by atoms with Gasteiger partial charge in [-0.15, -0.1) is 11.8 Å². The Kier molecular flexibility index (Phi) is 5.51. The van der Waals surface area contributed by atoms with Crippen LogP contribution in [0.4, 0.5) is 0 Å². The summed E-state index contributed by atoms with van der Waals surface area (Å²) in [6.45, 7) is 2.53. The second-order valence-corrected chi connectivity index (χ2v) is 4.17. The molecule has 0 unspecified atom stereocenters. The van der Waals surface area contributed by atoms with Gasteiger partial charge in [0, 0.05) is 23.7 Å². The van der Waals surface area contributed by atoms with Crippen molar-refractivity contribution < 1.29 is 4.74 Å². The predicted octanol–water partition coefficient (Wildman–Crippen LogP) is 1.92. The van der Waals surface area contributed by atoms with Crippen molar-refractivity contribution in [2.24, 2.45) is 0 Å². The first kappa shape index (κ1) is 12.7. The highest BCUT2D eigenvalue weighted by molar-refractivity contribution is 7.98. The summed E-state index contributed by atoms with van der Waals surface area (Å²) in [4.78, 5) is 14.5. The second kappa shape index (κ2) is 6.96.